The van der Waals surface area contributed by atoms with Gasteiger partial charge in [-0.2, -0.15) is 0 Å². The maximum absolute atomic E-state index is 14.3. The summed E-state index contributed by atoms with van der Waals surface area (Å²) in [6.45, 7) is 17.9. The Kier molecular flexibility index (Phi) is 15.4. The molecule has 0 spiro atoms. The van der Waals surface area contributed by atoms with E-state index in [2.05, 4.69) is 23.7 Å². The van der Waals surface area contributed by atoms with Gasteiger partial charge in [0, 0.05) is 43.4 Å². The number of aryl methyl sites for hydroxylation is 1. The van der Waals surface area contributed by atoms with E-state index in [0.29, 0.717) is 56.9 Å². The van der Waals surface area contributed by atoms with Gasteiger partial charge in [0.15, 0.2) is 0 Å². The highest BCUT2D eigenvalue weighted by Crippen LogP contribution is 2.62. The molecule has 2 N–H and O–H groups in total. The number of pyridine rings is 1. The molecule has 2 aliphatic carbocycles. The molecule has 6 unspecified atom stereocenters. The molecule has 5 rings (SSSR count). The summed E-state index contributed by atoms with van der Waals surface area (Å²) in [6.07, 6.45) is 9.48. The molecule has 1 fully saturated rings. The van der Waals surface area contributed by atoms with E-state index in [9.17, 15) is 15.0 Å². The lowest BCUT2D eigenvalue weighted by atomic mass is 9.55. The van der Waals surface area contributed by atoms with Crippen molar-refractivity contribution in [2.75, 3.05) is 39.6 Å². The smallest absolute Gasteiger partial charge is 0.410 e. The van der Waals surface area contributed by atoms with Crippen LogP contribution in [0.3, 0.4) is 0 Å². The molecular weight excluding hydrogens is 711 g/mol. The molecule has 1 aromatic heterocycles. The zero-order valence-electron chi connectivity index (χ0n) is 34.5. The van der Waals surface area contributed by atoms with Crippen LogP contribution in [-0.2, 0) is 20.9 Å². The number of ether oxygens (including phenoxy) is 4. The van der Waals surface area contributed by atoms with Crippen molar-refractivity contribution in [2.45, 2.75) is 117 Å². The van der Waals surface area contributed by atoms with E-state index in [1.807, 2.05) is 71.9 Å². The van der Waals surface area contributed by atoms with E-state index >= 15 is 0 Å². The van der Waals surface area contributed by atoms with Crippen LogP contribution in [0.2, 0.25) is 0 Å². The molecule has 2 heterocycles. The number of oxime groups is 1. The number of fused-ring (bicyclic) bond motifs is 2. The first-order valence-corrected chi connectivity index (χ1v) is 20.7. The first kappa shape index (κ1) is 43.2. The Morgan fingerprint density at radius 1 is 1.11 bits per heavy atom. The van der Waals surface area contributed by atoms with E-state index in [1.165, 1.54) is 0 Å². The van der Waals surface area contributed by atoms with Crippen molar-refractivity contribution in [1.29, 1.82) is 0 Å². The number of allylic oxidation sites excluding steroid dienone is 1. The minimum Gasteiger partial charge on any atom is -0.487 e. The molecule has 308 valence electrons. The summed E-state index contributed by atoms with van der Waals surface area (Å²) in [4.78, 5) is 26.6. The number of benzene rings is 1. The van der Waals surface area contributed by atoms with Gasteiger partial charge in [-0.1, -0.05) is 63.9 Å². The number of hydrogen-bond donors (Lipinski definition) is 2. The largest absolute Gasteiger partial charge is 0.487 e. The van der Waals surface area contributed by atoms with Crippen LogP contribution in [0, 0.1) is 30.1 Å². The number of hydrogen-bond acceptors (Lipinski definition) is 10. The van der Waals surface area contributed by atoms with Gasteiger partial charge in [0.1, 0.15) is 30.8 Å². The van der Waals surface area contributed by atoms with Crippen molar-refractivity contribution in [3.05, 3.63) is 77.7 Å². The predicted octanol–water partition coefficient (Wildman–Crippen LogP) is 8.52. The fourth-order valence-corrected chi connectivity index (χ4v) is 8.69. The zero-order valence-corrected chi connectivity index (χ0v) is 34.5. The van der Waals surface area contributed by atoms with Crippen molar-refractivity contribution in [1.82, 2.24) is 9.88 Å². The predicted molar refractivity (Wildman–Crippen MR) is 218 cm³/mol. The third-order valence-electron chi connectivity index (χ3n) is 11.0. The minimum atomic E-state index is -1.34. The number of nitrogens with zero attached hydrogens (tertiary/aromatic N) is 3. The van der Waals surface area contributed by atoms with Crippen LogP contribution < -0.4 is 9.47 Å². The van der Waals surface area contributed by atoms with Crippen LogP contribution >= 0.6 is 0 Å². The second kappa shape index (κ2) is 20.0. The maximum Gasteiger partial charge on any atom is 0.410 e. The summed E-state index contributed by atoms with van der Waals surface area (Å²) in [5.41, 5.74) is 4.30. The summed E-state index contributed by atoms with van der Waals surface area (Å²) in [5.74, 6) is -0.267. The fraction of sp³-hybridized carbons (Fsp3) is 0.622. The Labute approximate surface area is 334 Å². The number of amides is 1. The topological polar surface area (TPSA) is 132 Å². The third-order valence-corrected chi connectivity index (χ3v) is 11.0. The molecule has 0 bridgehead atoms. The highest BCUT2D eigenvalue weighted by molar-refractivity contribution is 6.03. The molecular formula is C45H65N3O8. The highest BCUT2D eigenvalue weighted by Gasteiger charge is 2.65. The Morgan fingerprint density at radius 3 is 2.55 bits per heavy atom. The van der Waals surface area contributed by atoms with Gasteiger partial charge < -0.3 is 34.0 Å². The van der Waals surface area contributed by atoms with Gasteiger partial charge in [-0.3, -0.25) is 9.88 Å². The molecule has 1 amide bonds. The number of aromatic nitrogens is 1. The first-order chi connectivity index (χ1) is 27.0. The average molecular weight is 776 g/mol. The van der Waals surface area contributed by atoms with E-state index in [0.717, 1.165) is 53.9 Å². The molecule has 1 saturated carbocycles. The van der Waals surface area contributed by atoms with Crippen molar-refractivity contribution in [2.24, 2.45) is 28.3 Å². The van der Waals surface area contributed by atoms with Crippen LogP contribution in [0.4, 0.5) is 4.79 Å². The Morgan fingerprint density at radius 2 is 1.88 bits per heavy atom. The van der Waals surface area contributed by atoms with Gasteiger partial charge in [0.05, 0.1) is 30.5 Å². The van der Waals surface area contributed by atoms with E-state index in [1.54, 1.807) is 11.0 Å². The van der Waals surface area contributed by atoms with Crippen LogP contribution in [0.5, 0.6) is 11.5 Å². The molecule has 6 atom stereocenters. The average Bonchev–Trinajstić information content (AvgIpc) is 3.17. The van der Waals surface area contributed by atoms with Crippen LogP contribution in [0.1, 0.15) is 109 Å². The molecule has 11 nitrogen and oxygen atoms in total. The number of unbranched alkanes of at least 4 members (excludes halogenated alkanes) is 2. The lowest BCUT2D eigenvalue weighted by molar-refractivity contribution is -0.255. The van der Waals surface area contributed by atoms with Crippen molar-refractivity contribution in [3.63, 3.8) is 0 Å². The summed E-state index contributed by atoms with van der Waals surface area (Å²) in [5, 5.41) is 24.5. The molecule has 0 saturated heterocycles. The van der Waals surface area contributed by atoms with Crippen molar-refractivity contribution in [3.8, 4) is 11.5 Å². The Bertz CT molecular complexity index is 1670. The lowest BCUT2D eigenvalue weighted by Crippen LogP contribution is -2.70. The summed E-state index contributed by atoms with van der Waals surface area (Å²) in [7, 11) is 0. The molecule has 1 aromatic carbocycles. The summed E-state index contributed by atoms with van der Waals surface area (Å²) >= 11 is 0. The SMILES string of the molecule is C=CCOC12Oc3ccc(OCc4cccc(C)n4)cc3C3C(CCCCO)C(CCCCO)C=C(C(=NOCC)CC1N(CCC)C(=O)OCC(C)(C)C)C32. The van der Waals surface area contributed by atoms with E-state index < -0.39 is 23.8 Å². The molecule has 1 aliphatic heterocycles. The highest BCUT2D eigenvalue weighted by atomic mass is 16.7. The van der Waals surface area contributed by atoms with Crippen molar-refractivity contribution < 1.29 is 38.8 Å². The van der Waals surface area contributed by atoms with Crippen LogP contribution in [0.25, 0.3) is 0 Å². The number of rotatable bonds is 20. The van der Waals surface area contributed by atoms with Gasteiger partial charge in [0.25, 0.3) is 0 Å². The van der Waals surface area contributed by atoms with E-state index in [-0.39, 0.29) is 49.6 Å². The Balaban J connectivity index is 1.73. The van der Waals surface area contributed by atoms with E-state index in [4.69, 9.17) is 28.9 Å². The molecule has 3 aliphatic rings. The number of carbonyl (C=O) groups excluding carboxylic acids is 1. The summed E-state index contributed by atoms with van der Waals surface area (Å²) < 4.78 is 26.8. The van der Waals surface area contributed by atoms with Gasteiger partial charge in [-0.15, -0.1) is 6.58 Å². The molecule has 11 heteroatoms. The van der Waals surface area contributed by atoms with Gasteiger partial charge in [-0.05, 0) is 99.1 Å². The number of aliphatic hydroxyl groups excluding tert-OH is 2. The van der Waals surface area contributed by atoms with Crippen LogP contribution in [-0.4, -0.2) is 83.3 Å². The monoisotopic (exact) mass is 775 g/mol. The minimum absolute atomic E-state index is 0.108. The maximum atomic E-state index is 14.3. The second-order valence-corrected chi connectivity index (χ2v) is 16.6. The molecule has 2 aromatic rings. The van der Waals surface area contributed by atoms with Gasteiger partial charge in [-0.25, -0.2) is 4.79 Å². The van der Waals surface area contributed by atoms with Crippen molar-refractivity contribution >= 4 is 11.8 Å². The zero-order chi connectivity index (χ0) is 40.3. The van der Waals surface area contributed by atoms with Gasteiger partial charge >= 0.3 is 6.09 Å². The fourth-order valence-electron chi connectivity index (χ4n) is 8.69. The molecule has 56 heavy (non-hydrogen) atoms. The quantitative estimate of drug-likeness (QED) is 0.0772. The Hall–Kier alpha value is -3.93. The normalized spacial score (nSPS) is 24.7. The number of aliphatic hydroxyl groups is 2. The van der Waals surface area contributed by atoms with Gasteiger partial charge in [0.2, 0.25) is 5.79 Å². The lowest BCUT2D eigenvalue weighted by Gasteiger charge is -2.60. The number of carbonyl (C=O) groups is 1. The molecule has 0 radical (unpaired) electrons. The second-order valence-electron chi connectivity index (χ2n) is 16.6. The first-order valence-electron chi connectivity index (χ1n) is 20.7. The van der Waals surface area contributed by atoms with Crippen LogP contribution in [0.15, 0.2) is 65.9 Å². The standard InChI is InChI=1S/C45H65N3O8/c1-8-22-48(43(51)53-30-44(5,6)7)40-28-38(47-55-10-3)36-26-32(17-11-13-23-49)35(19-12-14-24-50)41-37-27-34(52-29-33-18-15-16-31(4)46-33)20-21-39(37)56-45(40,42(36)41)54-25-9-2/h9,15-16,18,20-21,26-27,32,35,40-42,49-50H,2,8,10-14,17,19,22-25,28-30H2,1,3-7H3. The third kappa shape index (κ3) is 10.1. The summed E-state index contributed by atoms with van der Waals surface area (Å²) in [6, 6.07) is 11.3.